The summed E-state index contributed by atoms with van der Waals surface area (Å²) in [6.45, 7) is 0.832. The maximum Gasteiger partial charge on any atom is 0.301 e. The molecule has 1 fully saturated rings. The van der Waals surface area contributed by atoms with Crippen molar-refractivity contribution in [2.24, 2.45) is 0 Å². The molecule has 7 nitrogen and oxygen atoms in total. The fourth-order valence-corrected chi connectivity index (χ4v) is 6.17. The van der Waals surface area contributed by atoms with E-state index in [9.17, 15) is 13.2 Å². The van der Waals surface area contributed by atoms with E-state index in [1.54, 1.807) is 53.9 Å². The van der Waals surface area contributed by atoms with Crippen molar-refractivity contribution in [2.45, 2.75) is 6.42 Å². The third kappa shape index (κ3) is 4.32. The number of benzene rings is 2. The Bertz CT molecular complexity index is 1450. The quantitative estimate of drug-likeness (QED) is 0.418. The van der Waals surface area contributed by atoms with Crippen LogP contribution in [-0.4, -0.2) is 32.4 Å². The minimum Gasteiger partial charge on any atom is -0.322 e. The smallest absolute Gasteiger partial charge is 0.301 e. The molecule has 3 heterocycles. The van der Waals surface area contributed by atoms with Crippen molar-refractivity contribution >= 4 is 60.5 Å². The van der Waals surface area contributed by atoms with Crippen LogP contribution < -0.4 is 14.3 Å². The lowest BCUT2D eigenvalue weighted by Gasteiger charge is -2.28. The van der Waals surface area contributed by atoms with Gasteiger partial charge in [0.15, 0.2) is 0 Å². The first-order valence-corrected chi connectivity index (χ1v) is 12.9. The normalized spacial score (nSPS) is 15.5. The number of pyridine rings is 1. The lowest BCUT2D eigenvalue weighted by atomic mass is 10.1. The van der Waals surface area contributed by atoms with Crippen LogP contribution in [0.15, 0.2) is 66.2 Å². The van der Waals surface area contributed by atoms with Crippen molar-refractivity contribution in [3.05, 3.63) is 76.8 Å². The van der Waals surface area contributed by atoms with Crippen molar-refractivity contribution < 1.29 is 13.2 Å². The number of rotatable bonds is 4. The molecule has 5 rings (SSSR count). The summed E-state index contributed by atoms with van der Waals surface area (Å²) in [4.78, 5) is 17.3. The maximum absolute atomic E-state index is 12.8. The van der Waals surface area contributed by atoms with Crippen LogP contribution in [0.3, 0.4) is 0 Å². The van der Waals surface area contributed by atoms with Gasteiger partial charge < -0.3 is 5.32 Å². The van der Waals surface area contributed by atoms with E-state index in [2.05, 4.69) is 15.0 Å². The number of carbonyl (C=O) groups excluding carboxylic acids is 1. The first kappa shape index (κ1) is 21.8. The number of amides is 1. The van der Waals surface area contributed by atoms with Gasteiger partial charge in [0, 0.05) is 36.1 Å². The summed E-state index contributed by atoms with van der Waals surface area (Å²) < 4.78 is 29.3. The maximum atomic E-state index is 12.8. The summed E-state index contributed by atoms with van der Waals surface area (Å²) in [5, 5.41) is 6.52. The molecule has 0 unspecified atom stereocenters. The number of anilines is 2. The Labute approximate surface area is 200 Å². The van der Waals surface area contributed by atoms with Gasteiger partial charge in [0.2, 0.25) is 0 Å². The molecule has 2 aromatic carbocycles. The van der Waals surface area contributed by atoms with E-state index in [-0.39, 0.29) is 5.91 Å². The predicted octanol–water partition coefficient (Wildman–Crippen LogP) is 4.91. The van der Waals surface area contributed by atoms with Gasteiger partial charge in [-0.05, 0) is 71.8 Å². The molecule has 33 heavy (non-hydrogen) atoms. The van der Waals surface area contributed by atoms with E-state index >= 15 is 0 Å². The molecule has 168 valence electrons. The molecule has 0 radical (unpaired) electrons. The third-order valence-electron chi connectivity index (χ3n) is 5.38. The number of hydrogen-bond donors (Lipinski definition) is 2. The molecule has 0 aliphatic carbocycles. The molecule has 1 aliphatic rings. The van der Waals surface area contributed by atoms with E-state index in [1.165, 1.54) is 4.31 Å². The largest absolute Gasteiger partial charge is 0.322 e. The highest BCUT2D eigenvalue weighted by Gasteiger charge is 2.25. The standard InChI is InChI=1S/C23H19ClN4O3S2/c24-20-7-4-17(14-19(20)21-22-15(8-11-25-21)9-13-32-22)27-23(29)16-2-5-18(6-3-16)28-12-1-10-26-33(28,30)31/h2-9,11,13-14,26H,1,10,12H2,(H,27,29). The lowest BCUT2D eigenvalue weighted by molar-refractivity contribution is 0.102. The van der Waals surface area contributed by atoms with Gasteiger partial charge >= 0.3 is 10.2 Å². The molecule has 0 spiro atoms. The Morgan fingerprint density at radius 2 is 1.94 bits per heavy atom. The minimum absolute atomic E-state index is 0.309. The van der Waals surface area contributed by atoms with Gasteiger partial charge in [0.05, 0.1) is 21.1 Å². The number of aromatic nitrogens is 1. The zero-order valence-electron chi connectivity index (χ0n) is 17.3. The monoisotopic (exact) mass is 498 g/mol. The summed E-state index contributed by atoms with van der Waals surface area (Å²) >= 11 is 8.05. The number of nitrogens with one attached hydrogen (secondary N) is 2. The van der Waals surface area contributed by atoms with Crippen LogP contribution in [0.5, 0.6) is 0 Å². The van der Waals surface area contributed by atoms with Crippen molar-refractivity contribution in [3.63, 3.8) is 0 Å². The number of fused-ring (bicyclic) bond motifs is 1. The summed E-state index contributed by atoms with van der Waals surface area (Å²) in [5.41, 5.74) is 3.02. The number of carbonyl (C=O) groups is 1. The first-order valence-electron chi connectivity index (χ1n) is 10.2. The van der Waals surface area contributed by atoms with Crippen LogP contribution >= 0.6 is 22.9 Å². The van der Waals surface area contributed by atoms with Crippen molar-refractivity contribution in [1.82, 2.24) is 9.71 Å². The van der Waals surface area contributed by atoms with E-state index in [0.717, 1.165) is 21.3 Å². The van der Waals surface area contributed by atoms with Crippen LogP contribution in [0.25, 0.3) is 21.3 Å². The average Bonchev–Trinajstić information content (AvgIpc) is 3.29. The van der Waals surface area contributed by atoms with Crippen LogP contribution in [0, 0.1) is 0 Å². The highest BCUT2D eigenvalue weighted by molar-refractivity contribution is 7.90. The van der Waals surface area contributed by atoms with Crippen LogP contribution in [0.1, 0.15) is 16.8 Å². The molecule has 0 atom stereocenters. The Balaban J connectivity index is 1.38. The van der Waals surface area contributed by atoms with Gasteiger partial charge in [-0.1, -0.05) is 11.6 Å². The number of thiophene rings is 1. The zero-order chi connectivity index (χ0) is 23.0. The Hall–Kier alpha value is -2.98. The van der Waals surface area contributed by atoms with Crippen molar-refractivity contribution in [2.75, 3.05) is 22.7 Å². The molecule has 2 aromatic heterocycles. The van der Waals surface area contributed by atoms with Gasteiger partial charge in [-0.25, -0.2) is 0 Å². The zero-order valence-corrected chi connectivity index (χ0v) is 19.7. The minimum atomic E-state index is -3.54. The second kappa shape index (κ2) is 8.75. The number of nitrogens with zero attached hydrogens (tertiary/aromatic N) is 2. The predicted molar refractivity (Wildman–Crippen MR) is 133 cm³/mol. The molecule has 1 amide bonds. The van der Waals surface area contributed by atoms with Gasteiger partial charge in [-0.3, -0.25) is 14.1 Å². The van der Waals surface area contributed by atoms with Crippen molar-refractivity contribution in [1.29, 1.82) is 0 Å². The lowest BCUT2D eigenvalue weighted by Crippen LogP contribution is -2.47. The molecule has 10 heteroatoms. The molecule has 4 aromatic rings. The molecular weight excluding hydrogens is 480 g/mol. The van der Waals surface area contributed by atoms with E-state index in [4.69, 9.17) is 11.6 Å². The summed E-state index contributed by atoms with van der Waals surface area (Å²) in [6.07, 6.45) is 2.46. The summed E-state index contributed by atoms with van der Waals surface area (Å²) in [6, 6.07) is 15.7. The highest BCUT2D eigenvalue weighted by Crippen LogP contribution is 2.36. The third-order valence-corrected chi connectivity index (χ3v) is 8.19. The Morgan fingerprint density at radius 3 is 2.73 bits per heavy atom. The molecule has 1 saturated heterocycles. The Morgan fingerprint density at radius 1 is 1.12 bits per heavy atom. The SMILES string of the molecule is O=C(Nc1ccc(Cl)c(-c2nccc3ccsc23)c1)c1ccc(N2CCCNS2(=O)=O)cc1. The first-order chi connectivity index (χ1) is 15.9. The topological polar surface area (TPSA) is 91.4 Å². The molecule has 0 bridgehead atoms. The second-order valence-electron chi connectivity index (χ2n) is 7.52. The fourth-order valence-electron chi connectivity index (χ4n) is 3.74. The number of halogens is 1. The summed E-state index contributed by atoms with van der Waals surface area (Å²) in [5.74, 6) is -0.309. The van der Waals surface area contributed by atoms with E-state index in [1.807, 2.05) is 23.6 Å². The summed E-state index contributed by atoms with van der Waals surface area (Å²) in [7, 11) is -3.54. The Kier molecular flexibility index (Phi) is 5.79. The molecule has 0 saturated carbocycles. The average molecular weight is 499 g/mol. The number of hydrogen-bond acceptors (Lipinski definition) is 5. The van der Waals surface area contributed by atoms with Gasteiger partial charge in [0.25, 0.3) is 5.91 Å². The van der Waals surface area contributed by atoms with E-state index in [0.29, 0.717) is 41.5 Å². The van der Waals surface area contributed by atoms with Gasteiger partial charge in [-0.2, -0.15) is 13.1 Å². The van der Waals surface area contributed by atoms with Gasteiger partial charge in [-0.15, -0.1) is 11.3 Å². The van der Waals surface area contributed by atoms with Crippen molar-refractivity contribution in [3.8, 4) is 11.3 Å². The second-order valence-corrected chi connectivity index (χ2v) is 10.5. The fraction of sp³-hybridized carbons (Fsp3) is 0.130. The van der Waals surface area contributed by atoms with Crippen LogP contribution in [0.2, 0.25) is 5.02 Å². The van der Waals surface area contributed by atoms with Gasteiger partial charge in [0.1, 0.15) is 0 Å². The van der Waals surface area contributed by atoms with E-state index < -0.39 is 10.2 Å². The molecule has 2 N–H and O–H groups in total. The van der Waals surface area contributed by atoms with Crippen LogP contribution in [-0.2, 0) is 10.2 Å². The molecular formula is C23H19ClN4O3S2. The van der Waals surface area contributed by atoms with Crippen LogP contribution in [0.4, 0.5) is 11.4 Å². The molecule has 1 aliphatic heterocycles. The highest BCUT2D eigenvalue weighted by atomic mass is 35.5.